The predicted molar refractivity (Wildman–Crippen MR) is 123 cm³/mol. The summed E-state index contributed by atoms with van der Waals surface area (Å²) in [5.41, 5.74) is 1.97. The number of hydrogen-bond donors (Lipinski definition) is 1. The normalized spacial score (nSPS) is 11.5. The van der Waals surface area contributed by atoms with Crippen molar-refractivity contribution in [2.45, 2.75) is 25.5 Å². The number of hydrogen-bond acceptors (Lipinski definition) is 4. The van der Waals surface area contributed by atoms with Crippen LogP contribution in [0, 0.1) is 5.82 Å². The van der Waals surface area contributed by atoms with E-state index in [1.807, 2.05) is 12.1 Å². The molecule has 0 aliphatic carbocycles. The molecule has 0 unspecified atom stereocenters. The van der Waals surface area contributed by atoms with E-state index in [9.17, 15) is 17.6 Å². The molecule has 9 heteroatoms. The van der Waals surface area contributed by atoms with Gasteiger partial charge >= 0.3 is 0 Å². The Bertz CT molecular complexity index is 946. The second kappa shape index (κ2) is 11.0. The van der Waals surface area contributed by atoms with Crippen molar-refractivity contribution < 1.29 is 17.6 Å². The predicted octanol–water partition coefficient (Wildman–Crippen LogP) is 4.42. The van der Waals surface area contributed by atoms with Crippen LogP contribution in [0.1, 0.15) is 30.9 Å². The lowest BCUT2D eigenvalue weighted by Crippen LogP contribution is -2.41. The number of sulfonamides is 1. The highest BCUT2D eigenvalue weighted by Crippen LogP contribution is 2.24. The molecule has 1 N–H and O–H groups in total. The van der Waals surface area contributed by atoms with E-state index < -0.39 is 15.9 Å². The summed E-state index contributed by atoms with van der Waals surface area (Å²) < 4.78 is 39.2. The molecule has 164 valence electrons. The Hall–Kier alpha value is -1.77. The molecule has 0 saturated heterocycles. The SMILES string of the molecule is CC(C)c1ccc(N(CC(=O)NCCSCc2c(F)cccc2Cl)S(C)(=O)=O)cc1. The zero-order chi connectivity index (χ0) is 22.3. The molecule has 0 spiro atoms. The second-order valence-electron chi connectivity index (χ2n) is 7.12. The van der Waals surface area contributed by atoms with E-state index in [0.717, 1.165) is 16.1 Å². The van der Waals surface area contributed by atoms with Crippen molar-refractivity contribution in [2.24, 2.45) is 0 Å². The van der Waals surface area contributed by atoms with Gasteiger partial charge in [0.15, 0.2) is 0 Å². The summed E-state index contributed by atoms with van der Waals surface area (Å²) in [6.07, 6.45) is 1.07. The molecular formula is C21H26ClFN2O3S2. The van der Waals surface area contributed by atoms with Crippen molar-refractivity contribution in [3.8, 4) is 0 Å². The van der Waals surface area contributed by atoms with Gasteiger partial charge in [-0.1, -0.05) is 43.6 Å². The van der Waals surface area contributed by atoms with Crippen LogP contribution in [0.3, 0.4) is 0 Å². The number of nitrogens with zero attached hydrogens (tertiary/aromatic N) is 1. The fraction of sp³-hybridized carbons (Fsp3) is 0.381. The van der Waals surface area contributed by atoms with Crippen LogP contribution in [0.4, 0.5) is 10.1 Å². The Kier molecular flexibility index (Phi) is 9.00. The summed E-state index contributed by atoms with van der Waals surface area (Å²) >= 11 is 7.42. The van der Waals surface area contributed by atoms with Crippen LogP contribution in [-0.4, -0.2) is 39.4 Å². The molecular weight excluding hydrogens is 447 g/mol. The number of benzene rings is 2. The third-order valence-corrected chi connectivity index (χ3v) is 6.89. The van der Waals surface area contributed by atoms with Gasteiger partial charge in [0.25, 0.3) is 0 Å². The first-order chi connectivity index (χ1) is 14.1. The number of carbonyl (C=O) groups is 1. The number of thioether (sulfide) groups is 1. The first-order valence-corrected chi connectivity index (χ1v) is 12.8. The third kappa shape index (κ3) is 7.18. The number of anilines is 1. The van der Waals surface area contributed by atoms with Gasteiger partial charge in [-0.2, -0.15) is 11.8 Å². The van der Waals surface area contributed by atoms with Gasteiger partial charge in [0.2, 0.25) is 15.9 Å². The highest BCUT2D eigenvalue weighted by molar-refractivity contribution is 7.98. The molecule has 2 aromatic carbocycles. The van der Waals surface area contributed by atoms with E-state index in [2.05, 4.69) is 19.2 Å². The van der Waals surface area contributed by atoms with Gasteiger partial charge in [-0.05, 0) is 35.7 Å². The Balaban J connectivity index is 1.87. The van der Waals surface area contributed by atoms with E-state index in [1.54, 1.807) is 24.3 Å². The molecule has 0 saturated carbocycles. The fourth-order valence-electron chi connectivity index (χ4n) is 2.72. The third-order valence-electron chi connectivity index (χ3n) is 4.41. The smallest absolute Gasteiger partial charge is 0.240 e. The number of amides is 1. The number of nitrogens with one attached hydrogen (secondary N) is 1. The summed E-state index contributed by atoms with van der Waals surface area (Å²) in [5.74, 6) is 0.493. The van der Waals surface area contributed by atoms with Crippen molar-refractivity contribution in [1.82, 2.24) is 5.32 Å². The Labute approximate surface area is 187 Å². The van der Waals surface area contributed by atoms with E-state index in [4.69, 9.17) is 11.6 Å². The minimum Gasteiger partial charge on any atom is -0.354 e. The molecule has 30 heavy (non-hydrogen) atoms. The standard InChI is InChI=1S/C21H26ClFN2O3S2/c1-15(2)16-7-9-17(10-8-16)25(30(3,27)28)13-21(26)24-11-12-29-14-18-19(22)5-4-6-20(18)23/h4-10,15H,11-14H2,1-3H3,(H,24,26). The van der Waals surface area contributed by atoms with Crippen molar-refractivity contribution in [3.63, 3.8) is 0 Å². The maximum absolute atomic E-state index is 13.7. The quantitative estimate of drug-likeness (QED) is 0.520. The van der Waals surface area contributed by atoms with Crippen LogP contribution in [0.25, 0.3) is 0 Å². The van der Waals surface area contributed by atoms with Crippen molar-refractivity contribution in [2.75, 3.05) is 29.4 Å². The summed E-state index contributed by atoms with van der Waals surface area (Å²) in [7, 11) is -3.62. The van der Waals surface area contributed by atoms with Crippen LogP contribution in [0.2, 0.25) is 5.02 Å². The van der Waals surface area contributed by atoms with Crippen molar-refractivity contribution >= 4 is 45.0 Å². The van der Waals surface area contributed by atoms with Gasteiger partial charge in [-0.25, -0.2) is 12.8 Å². The van der Waals surface area contributed by atoms with Crippen LogP contribution >= 0.6 is 23.4 Å². The lowest BCUT2D eigenvalue weighted by atomic mass is 10.0. The molecule has 0 aliphatic heterocycles. The molecule has 0 aromatic heterocycles. The first kappa shape index (κ1) is 24.5. The van der Waals surface area contributed by atoms with Crippen molar-refractivity contribution in [1.29, 1.82) is 0 Å². The Morgan fingerprint density at radius 2 is 1.87 bits per heavy atom. The molecule has 5 nitrogen and oxygen atoms in total. The summed E-state index contributed by atoms with van der Waals surface area (Å²) in [5, 5.41) is 3.08. The second-order valence-corrected chi connectivity index (χ2v) is 10.5. The van der Waals surface area contributed by atoms with Gasteiger partial charge in [0, 0.05) is 28.6 Å². The molecule has 0 aliphatic rings. The largest absolute Gasteiger partial charge is 0.354 e. The topological polar surface area (TPSA) is 66.5 Å². The summed E-state index contributed by atoms with van der Waals surface area (Å²) in [4.78, 5) is 12.3. The average Bonchev–Trinajstić information content (AvgIpc) is 2.67. The van der Waals surface area contributed by atoms with Crippen LogP contribution in [0.5, 0.6) is 0 Å². The Morgan fingerprint density at radius 3 is 2.43 bits per heavy atom. The molecule has 0 heterocycles. The molecule has 0 atom stereocenters. The van der Waals surface area contributed by atoms with Crippen LogP contribution in [-0.2, 0) is 20.6 Å². The molecule has 0 radical (unpaired) electrons. The van der Waals surface area contributed by atoms with E-state index in [-0.39, 0.29) is 12.4 Å². The lowest BCUT2D eigenvalue weighted by molar-refractivity contribution is -0.119. The van der Waals surface area contributed by atoms with Crippen LogP contribution in [0.15, 0.2) is 42.5 Å². The van der Waals surface area contributed by atoms with Gasteiger partial charge in [-0.15, -0.1) is 0 Å². The maximum Gasteiger partial charge on any atom is 0.240 e. The zero-order valence-corrected chi connectivity index (χ0v) is 19.6. The van der Waals surface area contributed by atoms with Gasteiger partial charge in [-0.3, -0.25) is 9.10 Å². The zero-order valence-electron chi connectivity index (χ0n) is 17.2. The van der Waals surface area contributed by atoms with Gasteiger partial charge in [0.1, 0.15) is 12.4 Å². The van der Waals surface area contributed by atoms with Gasteiger partial charge < -0.3 is 5.32 Å². The number of halogens is 2. The Morgan fingerprint density at radius 1 is 1.20 bits per heavy atom. The highest BCUT2D eigenvalue weighted by atomic mass is 35.5. The highest BCUT2D eigenvalue weighted by Gasteiger charge is 2.20. The van der Waals surface area contributed by atoms with Crippen LogP contribution < -0.4 is 9.62 Å². The van der Waals surface area contributed by atoms with E-state index in [0.29, 0.717) is 40.2 Å². The first-order valence-electron chi connectivity index (χ1n) is 9.44. The van der Waals surface area contributed by atoms with Gasteiger partial charge in [0.05, 0.1) is 11.9 Å². The summed E-state index contributed by atoms with van der Waals surface area (Å²) in [6.45, 7) is 4.13. The average molecular weight is 473 g/mol. The molecule has 1 amide bonds. The fourth-order valence-corrected chi connectivity index (χ4v) is 4.77. The molecule has 2 aromatic rings. The van der Waals surface area contributed by atoms with E-state index in [1.165, 1.54) is 17.8 Å². The lowest BCUT2D eigenvalue weighted by Gasteiger charge is -2.22. The van der Waals surface area contributed by atoms with E-state index >= 15 is 0 Å². The minimum atomic E-state index is -3.62. The maximum atomic E-state index is 13.7. The molecule has 0 fully saturated rings. The number of carbonyl (C=O) groups excluding carboxylic acids is 1. The van der Waals surface area contributed by atoms with Crippen molar-refractivity contribution in [3.05, 3.63) is 64.4 Å². The minimum absolute atomic E-state index is 0.302. The summed E-state index contributed by atoms with van der Waals surface area (Å²) in [6, 6.07) is 11.7. The number of rotatable bonds is 10. The molecule has 2 rings (SSSR count). The molecule has 0 bridgehead atoms. The monoisotopic (exact) mass is 472 g/mol.